The van der Waals surface area contributed by atoms with Crippen LogP contribution in [0.5, 0.6) is 0 Å². The Kier molecular flexibility index (Phi) is 3.98. The number of nitrogens with zero attached hydrogens (tertiary/aromatic N) is 2. The van der Waals surface area contributed by atoms with E-state index in [4.69, 9.17) is 0 Å². The molecule has 0 bridgehead atoms. The second-order valence-corrected chi connectivity index (χ2v) is 7.75. The van der Waals surface area contributed by atoms with Crippen molar-refractivity contribution in [3.8, 4) is 0 Å². The number of nitrogens with one attached hydrogen (secondary N) is 1. The minimum atomic E-state index is -0.688. The number of hydrogen-bond donors (Lipinski definition) is 1. The van der Waals surface area contributed by atoms with Crippen LogP contribution in [0.3, 0.4) is 0 Å². The van der Waals surface area contributed by atoms with E-state index in [0.717, 1.165) is 11.4 Å². The van der Waals surface area contributed by atoms with E-state index < -0.39 is 5.41 Å². The molecule has 0 saturated heterocycles. The summed E-state index contributed by atoms with van der Waals surface area (Å²) in [6.07, 6.45) is 1.40. The van der Waals surface area contributed by atoms with E-state index in [-0.39, 0.29) is 17.1 Å². The van der Waals surface area contributed by atoms with Gasteiger partial charge in [-0.1, -0.05) is 39.0 Å². The Morgan fingerprint density at radius 3 is 2.54 bits per heavy atom. The van der Waals surface area contributed by atoms with E-state index in [9.17, 15) is 9.18 Å². The zero-order chi connectivity index (χ0) is 17.5. The van der Waals surface area contributed by atoms with Crippen molar-refractivity contribution in [3.63, 3.8) is 0 Å². The number of carbonyl (C=O) groups is 1. The van der Waals surface area contributed by atoms with Gasteiger partial charge in [0.2, 0.25) is 5.91 Å². The summed E-state index contributed by atoms with van der Waals surface area (Å²) in [5.41, 5.74) is 1.64. The van der Waals surface area contributed by atoms with Gasteiger partial charge in [0.1, 0.15) is 5.82 Å². The van der Waals surface area contributed by atoms with Crippen LogP contribution in [-0.2, 0) is 22.2 Å². The molecule has 1 heterocycles. The maximum atomic E-state index is 14.1. The number of aromatic nitrogens is 2. The van der Waals surface area contributed by atoms with Gasteiger partial charge in [-0.25, -0.2) is 4.39 Å². The van der Waals surface area contributed by atoms with E-state index in [1.54, 1.807) is 30.1 Å². The average Bonchev–Trinajstić information content (AvgIpc) is 3.17. The maximum Gasteiger partial charge on any atom is 0.233 e. The van der Waals surface area contributed by atoms with Crippen molar-refractivity contribution < 1.29 is 9.18 Å². The highest BCUT2D eigenvalue weighted by molar-refractivity contribution is 5.91. The van der Waals surface area contributed by atoms with Crippen molar-refractivity contribution in [2.24, 2.45) is 0 Å². The van der Waals surface area contributed by atoms with Crippen molar-refractivity contribution >= 4 is 5.91 Å². The van der Waals surface area contributed by atoms with Gasteiger partial charge in [0.05, 0.1) is 23.3 Å². The molecule has 5 heteroatoms. The molecule has 24 heavy (non-hydrogen) atoms. The molecule has 0 radical (unpaired) electrons. The van der Waals surface area contributed by atoms with Crippen LogP contribution in [0.4, 0.5) is 4.39 Å². The summed E-state index contributed by atoms with van der Waals surface area (Å²) in [5, 5.41) is 7.33. The molecule has 1 N–H and O–H groups in total. The zero-order valence-corrected chi connectivity index (χ0v) is 14.7. The van der Waals surface area contributed by atoms with Gasteiger partial charge >= 0.3 is 0 Å². The molecule has 2 aromatic rings. The monoisotopic (exact) mass is 329 g/mol. The molecule has 1 aliphatic rings. The summed E-state index contributed by atoms with van der Waals surface area (Å²) in [4.78, 5) is 14.6. The smallest absolute Gasteiger partial charge is 0.233 e. The van der Waals surface area contributed by atoms with E-state index >= 15 is 0 Å². The Balaban J connectivity index is 1.76. The number of aromatic amines is 1. The maximum absolute atomic E-state index is 14.1. The first-order valence-corrected chi connectivity index (χ1v) is 8.29. The molecular weight excluding hydrogens is 305 g/mol. The summed E-state index contributed by atoms with van der Waals surface area (Å²) in [5.74, 6) is -0.326. The standard InChI is InChI=1S/C19H24FN3O/c1-18(2,3)16-11-13(21-22-16)12-23(4)17(24)19(9-10-19)14-7-5-6-8-15(14)20/h5-8,11H,9-10,12H2,1-4H3,(H,21,22). The first kappa shape index (κ1) is 16.7. The molecule has 0 spiro atoms. The van der Waals surface area contributed by atoms with Crippen LogP contribution in [0.1, 0.15) is 50.6 Å². The Bertz CT molecular complexity index is 756. The average molecular weight is 329 g/mol. The number of H-pyrrole nitrogens is 1. The molecule has 4 nitrogen and oxygen atoms in total. The number of halogens is 1. The van der Waals surface area contributed by atoms with Gasteiger partial charge in [-0.2, -0.15) is 5.10 Å². The Labute approximate surface area is 142 Å². The topological polar surface area (TPSA) is 49.0 Å². The van der Waals surface area contributed by atoms with E-state index in [1.165, 1.54) is 6.07 Å². The number of benzene rings is 1. The summed E-state index contributed by atoms with van der Waals surface area (Å²) < 4.78 is 14.1. The van der Waals surface area contributed by atoms with Crippen molar-refractivity contribution in [3.05, 3.63) is 53.1 Å². The fraction of sp³-hybridized carbons (Fsp3) is 0.474. The summed E-state index contributed by atoms with van der Waals surface area (Å²) in [6, 6.07) is 8.58. The molecule has 0 unspecified atom stereocenters. The van der Waals surface area contributed by atoms with Gasteiger partial charge in [-0.05, 0) is 25.0 Å². The fourth-order valence-electron chi connectivity index (χ4n) is 3.09. The highest BCUT2D eigenvalue weighted by Gasteiger charge is 2.53. The lowest BCUT2D eigenvalue weighted by atomic mass is 9.92. The predicted molar refractivity (Wildman–Crippen MR) is 91.1 cm³/mol. The van der Waals surface area contributed by atoms with Gasteiger partial charge in [-0.15, -0.1) is 0 Å². The Morgan fingerprint density at radius 1 is 1.33 bits per heavy atom. The minimum absolute atomic E-state index is 0.0282. The highest BCUT2D eigenvalue weighted by Crippen LogP contribution is 2.50. The molecule has 1 fully saturated rings. The van der Waals surface area contributed by atoms with Gasteiger partial charge in [0.15, 0.2) is 0 Å². The van der Waals surface area contributed by atoms with Gasteiger partial charge in [-0.3, -0.25) is 9.89 Å². The van der Waals surface area contributed by atoms with Gasteiger partial charge < -0.3 is 4.90 Å². The third-order valence-corrected chi connectivity index (χ3v) is 4.70. The van der Waals surface area contributed by atoms with E-state index in [1.807, 2.05) is 6.07 Å². The molecule has 1 aliphatic carbocycles. The number of amides is 1. The first-order valence-electron chi connectivity index (χ1n) is 8.29. The molecule has 1 aromatic heterocycles. The van der Waals surface area contributed by atoms with Crippen LogP contribution in [0.25, 0.3) is 0 Å². The van der Waals surface area contributed by atoms with Gasteiger partial charge in [0, 0.05) is 18.0 Å². The predicted octanol–water partition coefficient (Wildman–Crippen LogP) is 3.54. The van der Waals surface area contributed by atoms with Crippen LogP contribution < -0.4 is 0 Å². The van der Waals surface area contributed by atoms with Crippen molar-refractivity contribution in [1.82, 2.24) is 15.1 Å². The lowest BCUT2D eigenvalue weighted by molar-refractivity contribution is -0.133. The molecule has 0 aliphatic heterocycles. The Hall–Kier alpha value is -2.17. The third kappa shape index (κ3) is 2.95. The molecule has 1 aromatic carbocycles. The molecule has 1 saturated carbocycles. The Morgan fingerprint density at radius 2 is 2.00 bits per heavy atom. The largest absolute Gasteiger partial charge is 0.339 e. The highest BCUT2D eigenvalue weighted by atomic mass is 19.1. The molecular formula is C19H24FN3O. The second-order valence-electron chi connectivity index (χ2n) is 7.75. The van der Waals surface area contributed by atoms with Crippen molar-refractivity contribution in [2.75, 3.05) is 7.05 Å². The van der Waals surface area contributed by atoms with Crippen LogP contribution >= 0.6 is 0 Å². The SMILES string of the molecule is CN(Cc1cc(C(C)(C)C)n[nH]1)C(=O)C1(c2ccccc2F)CC1. The quantitative estimate of drug-likeness (QED) is 0.933. The molecule has 128 valence electrons. The number of rotatable bonds is 4. The van der Waals surface area contributed by atoms with E-state index in [0.29, 0.717) is 24.9 Å². The second kappa shape index (κ2) is 5.72. The van der Waals surface area contributed by atoms with Crippen LogP contribution in [-0.4, -0.2) is 28.1 Å². The first-order chi connectivity index (χ1) is 11.2. The zero-order valence-electron chi connectivity index (χ0n) is 14.7. The van der Waals surface area contributed by atoms with Crippen LogP contribution in [0.2, 0.25) is 0 Å². The lowest BCUT2D eigenvalue weighted by Crippen LogP contribution is -2.36. The molecule has 3 rings (SSSR count). The number of carbonyl (C=O) groups excluding carboxylic acids is 1. The number of likely N-dealkylation sites (N-methyl/N-ethyl adjacent to an activating group) is 1. The number of hydrogen-bond acceptors (Lipinski definition) is 2. The van der Waals surface area contributed by atoms with Crippen molar-refractivity contribution in [1.29, 1.82) is 0 Å². The lowest BCUT2D eigenvalue weighted by Gasteiger charge is -2.23. The summed E-state index contributed by atoms with van der Waals surface area (Å²) >= 11 is 0. The molecule has 0 atom stereocenters. The third-order valence-electron chi connectivity index (χ3n) is 4.70. The summed E-state index contributed by atoms with van der Waals surface area (Å²) in [6.45, 7) is 6.73. The normalized spacial score (nSPS) is 16.0. The summed E-state index contributed by atoms with van der Waals surface area (Å²) in [7, 11) is 1.76. The van der Waals surface area contributed by atoms with Gasteiger partial charge in [0.25, 0.3) is 0 Å². The minimum Gasteiger partial charge on any atom is -0.339 e. The van der Waals surface area contributed by atoms with Crippen molar-refractivity contribution in [2.45, 2.75) is 51.0 Å². The molecule has 1 amide bonds. The van der Waals surface area contributed by atoms with Crippen LogP contribution in [0, 0.1) is 5.82 Å². The van der Waals surface area contributed by atoms with Crippen LogP contribution in [0.15, 0.2) is 30.3 Å². The fourth-order valence-corrected chi connectivity index (χ4v) is 3.09. The van der Waals surface area contributed by atoms with E-state index in [2.05, 4.69) is 31.0 Å².